The second-order valence-corrected chi connectivity index (χ2v) is 4.75. The Balaban J connectivity index is 0.000000284. The molecular weight excluding hydrogens is 232 g/mol. The van der Waals surface area contributed by atoms with E-state index in [1.54, 1.807) is 0 Å². The Morgan fingerprint density at radius 1 is 0.588 bits per heavy atom. The van der Waals surface area contributed by atoms with Crippen LogP contribution in [0.4, 0.5) is 0 Å². The van der Waals surface area contributed by atoms with Gasteiger partial charge < -0.3 is 0 Å². The summed E-state index contributed by atoms with van der Waals surface area (Å²) in [6.07, 6.45) is 0. The molecule has 0 amide bonds. The molecule has 0 aliphatic heterocycles. The quantitative estimate of drug-likeness (QED) is 0.539. The molecule has 0 radical (unpaired) electrons. The van der Waals surface area contributed by atoms with Gasteiger partial charge in [0, 0.05) is 0 Å². The summed E-state index contributed by atoms with van der Waals surface area (Å²) in [7, 11) is 0. The predicted molar refractivity (Wildman–Crippen MR) is 78.0 cm³/mol. The fraction of sp³-hybridized carbons (Fsp3) is 0.375. The van der Waals surface area contributed by atoms with Crippen molar-refractivity contribution in [1.82, 2.24) is 0 Å². The molecule has 0 spiro atoms. The van der Waals surface area contributed by atoms with Gasteiger partial charge in [0.05, 0.1) is 0 Å². The minimum Gasteiger partial charge on any atom is -0.213 e. The summed E-state index contributed by atoms with van der Waals surface area (Å²) in [5.41, 5.74) is 2.87. The molecule has 0 bridgehead atoms. The van der Waals surface area contributed by atoms with Gasteiger partial charge >= 0.3 is 37.7 Å². The van der Waals surface area contributed by atoms with Crippen molar-refractivity contribution in [2.75, 3.05) is 0 Å². The van der Waals surface area contributed by atoms with E-state index in [0.29, 0.717) is 11.8 Å². The van der Waals surface area contributed by atoms with Crippen LogP contribution in [0.2, 0.25) is 0 Å². The Bertz CT molecular complexity index is 314. The van der Waals surface area contributed by atoms with Crippen molar-refractivity contribution in [3.8, 4) is 0 Å². The van der Waals surface area contributed by atoms with Gasteiger partial charge in [0.15, 0.2) is 0 Å². The Morgan fingerprint density at radius 3 is 0.941 bits per heavy atom. The van der Waals surface area contributed by atoms with Gasteiger partial charge in [-0.25, -0.2) is 24.3 Å². The molecule has 0 aliphatic rings. The van der Waals surface area contributed by atoms with Gasteiger partial charge in [-0.2, -0.15) is 35.4 Å². The van der Waals surface area contributed by atoms with Crippen LogP contribution in [-0.2, 0) is 0 Å². The molecule has 0 N–H and O–H groups in total. The van der Waals surface area contributed by atoms with Crippen LogP contribution in [0, 0.1) is 0 Å². The van der Waals surface area contributed by atoms with Crippen molar-refractivity contribution in [2.24, 2.45) is 0 Å². The van der Waals surface area contributed by atoms with E-state index in [4.69, 9.17) is 0 Å². The molecule has 2 rings (SSSR count). The van der Waals surface area contributed by atoms with E-state index in [1.165, 1.54) is 11.1 Å². The summed E-state index contributed by atoms with van der Waals surface area (Å²) in [4.78, 5) is 0. The van der Waals surface area contributed by atoms with E-state index in [1.807, 2.05) is 0 Å². The molecule has 2 aromatic carbocycles. The maximum atomic E-state index is 2.20. The first-order chi connectivity index (χ1) is 7.61. The average Bonchev–Trinajstić information content (AvgIpc) is 2.93. The molecule has 0 atom stereocenters. The molecule has 0 nitrogen and oxygen atoms in total. The number of hydrogen-bond donors (Lipinski definition) is 0. The zero-order valence-corrected chi connectivity index (χ0v) is 13.7. The van der Waals surface area contributed by atoms with Crippen LogP contribution in [0.3, 0.4) is 0 Å². The second-order valence-electron chi connectivity index (χ2n) is 4.75. The SMILES string of the molecule is CC(C)[c-]1cccc1.CC(C)[c-]1cccc1.[Ca+2]. The molecule has 0 heterocycles. The summed E-state index contributed by atoms with van der Waals surface area (Å²) in [6.45, 7) is 8.81. The van der Waals surface area contributed by atoms with Crippen LogP contribution in [0.25, 0.3) is 0 Å². The molecule has 0 unspecified atom stereocenters. The van der Waals surface area contributed by atoms with E-state index in [9.17, 15) is 0 Å². The maximum Gasteiger partial charge on any atom is 2.00 e. The standard InChI is InChI=1S/2C8H11.Ca/c2*1-7(2)8-5-3-4-6-8;/h2*3-7H,1-2H3;/q2*-1;+2. The smallest absolute Gasteiger partial charge is 0.213 e. The van der Waals surface area contributed by atoms with E-state index >= 15 is 0 Å². The Labute approximate surface area is 136 Å². The molecule has 0 saturated carbocycles. The predicted octanol–water partition coefficient (Wildman–Crippen LogP) is 4.68. The third-order valence-corrected chi connectivity index (χ3v) is 2.71. The average molecular weight is 254 g/mol. The molecule has 0 saturated heterocycles. The molecule has 2 aromatic rings. The fourth-order valence-corrected chi connectivity index (χ4v) is 1.55. The molecule has 17 heavy (non-hydrogen) atoms. The molecule has 0 aliphatic carbocycles. The van der Waals surface area contributed by atoms with Crippen LogP contribution in [0.1, 0.15) is 50.7 Å². The second kappa shape index (κ2) is 8.97. The van der Waals surface area contributed by atoms with Crippen molar-refractivity contribution >= 4 is 37.7 Å². The van der Waals surface area contributed by atoms with Gasteiger partial charge in [-0.1, -0.05) is 39.5 Å². The summed E-state index contributed by atoms with van der Waals surface area (Å²) >= 11 is 0. The molecule has 88 valence electrons. The maximum absolute atomic E-state index is 2.20. The van der Waals surface area contributed by atoms with E-state index in [2.05, 4.69) is 76.2 Å². The minimum absolute atomic E-state index is 0. The van der Waals surface area contributed by atoms with Crippen molar-refractivity contribution in [3.05, 3.63) is 59.7 Å². The normalized spacial score (nSPS) is 9.76. The molecule has 1 heteroatoms. The van der Waals surface area contributed by atoms with Crippen LogP contribution in [0.15, 0.2) is 48.5 Å². The summed E-state index contributed by atoms with van der Waals surface area (Å²) in [5, 5.41) is 0. The van der Waals surface area contributed by atoms with Gasteiger partial charge in [-0.05, 0) is 0 Å². The largest absolute Gasteiger partial charge is 2.00 e. The van der Waals surface area contributed by atoms with E-state index in [-0.39, 0.29) is 37.7 Å². The van der Waals surface area contributed by atoms with Gasteiger partial charge in [-0.3, -0.25) is 0 Å². The monoisotopic (exact) mass is 254 g/mol. The van der Waals surface area contributed by atoms with Crippen LogP contribution in [-0.4, -0.2) is 37.7 Å². The van der Waals surface area contributed by atoms with Crippen molar-refractivity contribution in [3.63, 3.8) is 0 Å². The van der Waals surface area contributed by atoms with Gasteiger partial charge in [0.2, 0.25) is 0 Å². The van der Waals surface area contributed by atoms with Crippen molar-refractivity contribution < 1.29 is 0 Å². The minimum atomic E-state index is 0. The first-order valence-corrected chi connectivity index (χ1v) is 6.04. The zero-order chi connectivity index (χ0) is 12.0. The molecule has 0 fully saturated rings. The Hall–Kier alpha value is -0.0403. The van der Waals surface area contributed by atoms with Crippen LogP contribution in [0.5, 0.6) is 0 Å². The zero-order valence-electron chi connectivity index (χ0n) is 11.5. The van der Waals surface area contributed by atoms with E-state index < -0.39 is 0 Å². The third-order valence-electron chi connectivity index (χ3n) is 2.71. The van der Waals surface area contributed by atoms with Gasteiger partial charge in [0.1, 0.15) is 0 Å². The Kier molecular flexibility index (Phi) is 8.94. The van der Waals surface area contributed by atoms with Crippen LogP contribution < -0.4 is 0 Å². The van der Waals surface area contributed by atoms with E-state index in [0.717, 1.165) is 0 Å². The number of rotatable bonds is 2. The fourth-order valence-electron chi connectivity index (χ4n) is 1.55. The Morgan fingerprint density at radius 2 is 0.824 bits per heavy atom. The topological polar surface area (TPSA) is 0 Å². The molecule has 0 aromatic heterocycles. The molecular formula is C16H22Ca. The first kappa shape index (κ1) is 17.0. The van der Waals surface area contributed by atoms with Crippen LogP contribution >= 0.6 is 0 Å². The third kappa shape index (κ3) is 6.45. The summed E-state index contributed by atoms with van der Waals surface area (Å²) in [5.74, 6) is 1.37. The van der Waals surface area contributed by atoms with Crippen molar-refractivity contribution in [1.29, 1.82) is 0 Å². The van der Waals surface area contributed by atoms with Gasteiger partial charge in [-0.15, -0.1) is 0 Å². The first-order valence-electron chi connectivity index (χ1n) is 6.04. The van der Waals surface area contributed by atoms with Gasteiger partial charge in [0.25, 0.3) is 0 Å². The number of hydrogen-bond acceptors (Lipinski definition) is 0. The van der Waals surface area contributed by atoms with Crippen molar-refractivity contribution in [2.45, 2.75) is 39.5 Å². The summed E-state index contributed by atoms with van der Waals surface area (Å²) in [6, 6.07) is 16.9. The summed E-state index contributed by atoms with van der Waals surface area (Å²) < 4.78 is 0.